The van der Waals surface area contributed by atoms with E-state index in [0.717, 1.165) is 11.8 Å². The van der Waals surface area contributed by atoms with Crippen LogP contribution >= 0.6 is 36.2 Å². The van der Waals surface area contributed by atoms with Gasteiger partial charge in [0.2, 0.25) is 0 Å². The van der Waals surface area contributed by atoms with Crippen molar-refractivity contribution in [1.82, 2.24) is 0 Å². The summed E-state index contributed by atoms with van der Waals surface area (Å²) in [4.78, 5) is 0. The number of rotatable bonds is 0. The highest BCUT2D eigenvalue weighted by molar-refractivity contribution is 8.37. The minimum atomic E-state index is 0.271. The average molecular weight is 152 g/mol. The summed E-state index contributed by atoms with van der Waals surface area (Å²) in [6, 6.07) is 0. The normalized spacial score (nSPS) is 8.00. The van der Waals surface area contributed by atoms with E-state index < -0.39 is 0 Å². The molecule has 0 aromatic heterocycles. The van der Waals surface area contributed by atoms with Crippen molar-refractivity contribution in [2.24, 2.45) is 11.5 Å². The highest BCUT2D eigenvalue weighted by Crippen LogP contribution is 1.96. The van der Waals surface area contributed by atoms with Crippen molar-refractivity contribution < 1.29 is 0 Å². The van der Waals surface area contributed by atoms with Gasteiger partial charge in [-0.3, -0.25) is 0 Å². The molecule has 0 aromatic rings. The topological polar surface area (TPSA) is 52.0 Å². The van der Waals surface area contributed by atoms with Gasteiger partial charge in [-0.15, -0.1) is 0 Å². The van der Waals surface area contributed by atoms with Crippen LogP contribution in [0.25, 0.3) is 0 Å². The van der Waals surface area contributed by atoms with Crippen LogP contribution in [0.15, 0.2) is 0 Å². The Bertz CT molecular complexity index is 87.1. The zero-order valence-electron chi connectivity index (χ0n) is 3.38. The summed E-state index contributed by atoms with van der Waals surface area (Å²) >= 11 is 9.92. The molecule has 0 unspecified atom stereocenters. The SMILES string of the molecule is NC(=S)SC(N)=S. The first kappa shape index (κ1) is 7.13. The van der Waals surface area contributed by atoms with Gasteiger partial charge in [-0.1, -0.05) is 24.4 Å². The number of nitrogens with two attached hydrogens (primary N) is 2. The average Bonchev–Trinajstić information content (AvgIpc) is 1.27. The number of thiocarbonyl (C=S) groups is 2. The number of hydrogen-bond acceptors (Lipinski definition) is 3. The molecule has 0 radical (unpaired) electrons. The van der Waals surface area contributed by atoms with E-state index in [1.807, 2.05) is 0 Å². The van der Waals surface area contributed by atoms with Crippen LogP contribution in [0.5, 0.6) is 0 Å². The summed E-state index contributed by atoms with van der Waals surface area (Å²) in [5.41, 5.74) is 10.0. The predicted molar refractivity (Wildman–Crippen MR) is 41.2 cm³/mol. The minimum absolute atomic E-state index is 0.271. The molecule has 0 saturated carbocycles. The minimum Gasteiger partial charge on any atom is -0.384 e. The maximum atomic E-state index is 5.02. The van der Waals surface area contributed by atoms with Gasteiger partial charge in [0.15, 0.2) is 0 Å². The van der Waals surface area contributed by atoms with Gasteiger partial charge in [-0.05, 0) is 11.8 Å². The fraction of sp³-hybridized carbons (Fsp3) is 0. The summed E-state index contributed by atoms with van der Waals surface area (Å²) in [6.45, 7) is 0. The molecule has 0 rings (SSSR count). The van der Waals surface area contributed by atoms with E-state index in [-0.39, 0.29) is 8.64 Å². The third-order valence-corrected chi connectivity index (χ3v) is 1.10. The Morgan fingerprint density at radius 1 is 1.14 bits per heavy atom. The molecule has 40 valence electrons. The number of thioether (sulfide) groups is 1. The summed E-state index contributed by atoms with van der Waals surface area (Å²) in [7, 11) is 0. The van der Waals surface area contributed by atoms with Crippen molar-refractivity contribution in [2.45, 2.75) is 0 Å². The van der Waals surface area contributed by atoms with Crippen molar-refractivity contribution in [2.75, 3.05) is 0 Å². The summed E-state index contributed by atoms with van der Waals surface area (Å²) in [5, 5.41) is 0. The molecule has 0 atom stereocenters. The van der Waals surface area contributed by atoms with Crippen molar-refractivity contribution in [1.29, 1.82) is 0 Å². The van der Waals surface area contributed by atoms with Crippen LogP contribution in [0.3, 0.4) is 0 Å². The van der Waals surface area contributed by atoms with E-state index in [1.54, 1.807) is 0 Å². The highest BCUT2D eigenvalue weighted by Gasteiger charge is 1.89. The fourth-order valence-corrected chi connectivity index (χ4v) is 0.994. The van der Waals surface area contributed by atoms with Crippen LogP contribution in [-0.4, -0.2) is 8.64 Å². The lowest BCUT2D eigenvalue weighted by Crippen LogP contribution is -2.10. The Balaban J connectivity index is 3.32. The van der Waals surface area contributed by atoms with E-state index in [0.29, 0.717) is 0 Å². The smallest absolute Gasteiger partial charge is 0.138 e. The predicted octanol–water partition coefficient (Wildman–Crippen LogP) is 0.207. The molecule has 5 heteroatoms. The lowest BCUT2D eigenvalue weighted by molar-refractivity contribution is 1.89. The molecule has 7 heavy (non-hydrogen) atoms. The molecular formula is C2H4N2S3. The first-order chi connectivity index (χ1) is 3.13. The van der Waals surface area contributed by atoms with Crippen LogP contribution in [-0.2, 0) is 0 Å². The van der Waals surface area contributed by atoms with Crippen LogP contribution in [0.1, 0.15) is 0 Å². The van der Waals surface area contributed by atoms with Crippen molar-refractivity contribution in [3.63, 3.8) is 0 Å². The molecular weight excluding hydrogens is 148 g/mol. The monoisotopic (exact) mass is 152 g/mol. The lowest BCUT2D eigenvalue weighted by Gasteiger charge is -1.88. The van der Waals surface area contributed by atoms with Gasteiger partial charge in [-0.2, -0.15) is 0 Å². The van der Waals surface area contributed by atoms with Crippen LogP contribution in [0, 0.1) is 0 Å². The van der Waals surface area contributed by atoms with Crippen LogP contribution < -0.4 is 11.5 Å². The molecule has 0 fully saturated rings. The first-order valence-corrected chi connectivity index (χ1v) is 3.03. The molecule has 0 heterocycles. The standard InChI is InChI=1S/C2H4N2S3/c3-1(5)7-2(4)6/h(H2,3,5)(H2,4,6). The van der Waals surface area contributed by atoms with Gasteiger partial charge < -0.3 is 11.5 Å². The quantitative estimate of drug-likeness (QED) is 0.486. The Morgan fingerprint density at radius 2 is 1.43 bits per heavy atom. The van der Waals surface area contributed by atoms with Crippen LogP contribution in [0.4, 0.5) is 0 Å². The second-order valence-corrected chi connectivity index (χ2v) is 3.22. The molecule has 2 nitrogen and oxygen atoms in total. The van der Waals surface area contributed by atoms with Gasteiger partial charge in [0, 0.05) is 0 Å². The summed E-state index contributed by atoms with van der Waals surface area (Å²) in [6.07, 6.45) is 0. The third kappa shape index (κ3) is 6.13. The number of hydrogen-bond donors (Lipinski definition) is 2. The van der Waals surface area contributed by atoms with E-state index in [9.17, 15) is 0 Å². The van der Waals surface area contributed by atoms with E-state index in [2.05, 4.69) is 24.4 Å². The lowest BCUT2D eigenvalue weighted by atomic mass is 11.5. The largest absolute Gasteiger partial charge is 0.384 e. The van der Waals surface area contributed by atoms with Gasteiger partial charge in [-0.25, -0.2) is 0 Å². The summed E-state index contributed by atoms with van der Waals surface area (Å²) in [5.74, 6) is 0. The van der Waals surface area contributed by atoms with Gasteiger partial charge in [0.1, 0.15) is 8.64 Å². The zero-order chi connectivity index (χ0) is 5.86. The van der Waals surface area contributed by atoms with Crippen LogP contribution in [0.2, 0.25) is 0 Å². The summed E-state index contributed by atoms with van der Waals surface area (Å²) < 4.78 is 0.542. The molecule has 0 bridgehead atoms. The first-order valence-electron chi connectivity index (χ1n) is 1.39. The fourth-order valence-electron chi connectivity index (χ4n) is 0.0991. The molecule has 0 aliphatic heterocycles. The third-order valence-electron chi connectivity index (χ3n) is 0.201. The second-order valence-electron chi connectivity index (χ2n) is 0.740. The molecule has 0 saturated heterocycles. The van der Waals surface area contributed by atoms with Gasteiger partial charge >= 0.3 is 0 Å². The molecule has 0 amide bonds. The van der Waals surface area contributed by atoms with E-state index >= 15 is 0 Å². The molecule has 0 aromatic carbocycles. The van der Waals surface area contributed by atoms with E-state index in [4.69, 9.17) is 11.5 Å². The Morgan fingerprint density at radius 3 is 1.43 bits per heavy atom. The highest BCUT2D eigenvalue weighted by atomic mass is 32.2. The maximum absolute atomic E-state index is 5.02. The molecule has 0 spiro atoms. The Kier molecular flexibility index (Phi) is 3.23. The van der Waals surface area contributed by atoms with E-state index in [1.165, 1.54) is 0 Å². The zero-order valence-corrected chi connectivity index (χ0v) is 5.83. The second kappa shape index (κ2) is 3.17. The Labute approximate surface area is 56.6 Å². The molecule has 0 aliphatic carbocycles. The van der Waals surface area contributed by atoms with Crippen molar-refractivity contribution in [3.05, 3.63) is 0 Å². The van der Waals surface area contributed by atoms with Crippen molar-refractivity contribution >= 4 is 44.8 Å². The van der Waals surface area contributed by atoms with Gasteiger partial charge in [0.05, 0.1) is 0 Å². The molecule has 4 N–H and O–H groups in total. The maximum Gasteiger partial charge on any atom is 0.138 e. The van der Waals surface area contributed by atoms with Gasteiger partial charge in [0.25, 0.3) is 0 Å². The Hall–Kier alpha value is 0.130. The molecule has 0 aliphatic rings. The van der Waals surface area contributed by atoms with Crippen molar-refractivity contribution in [3.8, 4) is 0 Å².